The van der Waals surface area contributed by atoms with Crippen LogP contribution in [0.25, 0.3) is 0 Å². The molecule has 1 aliphatic rings. The minimum atomic E-state index is -1.07. The van der Waals surface area contributed by atoms with Gasteiger partial charge in [0.05, 0.1) is 6.54 Å². The number of nitrogens with zero attached hydrogens (tertiary/aromatic N) is 1. The third-order valence-electron chi connectivity index (χ3n) is 4.48. The molecule has 1 fully saturated rings. The Labute approximate surface area is 167 Å². The van der Waals surface area contributed by atoms with Crippen molar-refractivity contribution in [3.63, 3.8) is 0 Å². The Morgan fingerprint density at radius 1 is 1.29 bits per heavy atom. The normalized spacial score (nSPS) is 18.6. The molecule has 1 saturated heterocycles. The number of hydrogen-bond acceptors (Lipinski definition) is 3. The van der Waals surface area contributed by atoms with E-state index in [2.05, 4.69) is 16.4 Å². The second kappa shape index (κ2) is 9.60. The molecule has 3 N–H and O–H groups in total. The van der Waals surface area contributed by atoms with Gasteiger partial charge in [0.2, 0.25) is 5.91 Å². The number of likely N-dealkylation sites (tertiary alicyclic amines) is 1. The molecule has 1 rings (SSSR count). The fourth-order valence-electron chi connectivity index (χ4n) is 2.81. The Balaban J connectivity index is 3.19. The minimum absolute atomic E-state index is 0.188. The van der Waals surface area contributed by atoms with E-state index in [4.69, 9.17) is 0 Å². The summed E-state index contributed by atoms with van der Waals surface area (Å²) in [7, 11) is 0. The van der Waals surface area contributed by atoms with Crippen molar-refractivity contribution >= 4 is 17.9 Å². The minimum Gasteiger partial charge on any atom is -0.480 e. The Hall–Kier alpha value is -2.53. The number of urea groups is 1. The summed E-state index contributed by atoms with van der Waals surface area (Å²) >= 11 is 0. The van der Waals surface area contributed by atoms with Crippen LogP contribution in [0, 0.1) is 5.92 Å². The Bertz CT molecular complexity index is 710. The van der Waals surface area contributed by atoms with E-state index in [0.29, 0.717) is 0 Å². The molecule has 156 valence electrons. The first-order chi connectivity index (χ1) is 12.9. The predicted octanol–water partition coefficient (Wildman–Crippen LogP) is 2.84. The zero-order valence-corrected chi connectivity index (χ0v) is 17.9. The van der Waals surface area contributed by atoms with Crippen molar-refractivity contribution in [3.8, 4) is 0 Å². The number of nitrogens with one attached hydrogen (secondary N) is 2. The van der Waals surface area contributed by atoms with Crippen molar-refractivity contribution in [1.29, 1.82) is 0 Å². The SMILES string of the molecule is CC=C=C1CC(C(=O)O)N(C(=O)C(C=C(C)C(C)C)NC(=O)NC(C)(C)C)C1. The number of aliphatic carboxylic acids is 1. The lowest BCUT2D eigenvalue weighted by atomic mass is 10.0. The molecule has 0 aliphatic carbocycles. The molecule has 0 aromatic carbocycles. The van der Waals surface area contributed by atoms with Gasteiger partial charge in [0.25, 0.3) is 0 Å². The number of carboxylic acid groups (broad SMARTS) is 1. The first kappa shape index (κ1) is 23.5. The molecule has 2 atom stereocenters. The maximum atomic E-state index is 13.2. The van der Waals surface area contributed by atoms with Crippen LogP contribution in [-0.2, 0) is 9.59 Å². The molecule has 1 heterocycles. The number of carbonyl (C=O) groups excluding carboxylic acids is 2. The molecule has 2 unspecified atom stereocenters. The van der Waals surface area contributed by atoms with Gasteiger partial charge >= 0.3 is 12.0 Å². The summed E-state index contributed by atoms with van der Waals surface area (Å²) in [6, 6.07) is -2.39. The van der Waals surface area contributed by atoms with Crippen LogP contribution in [0.2, 0.25) is 0 Å². The van der Waals surface area contributed by atoms with Gasteiger partial charge in [-0.2, -0.15) is 0 Å². The van der Waals surface area contributed by atoms with Crippen LogP contribution in [0.15, 0.2) is 29.0 Å². The predicted molar refractivity (Wildman–Crippen MR) is 109 cm³/mol. The number of amides is 3. The second-order valence-electron chi connectivity index (χ2n) is 8.45. The lowest BCUT2D eigenvalue weighted by molar-refractivity contribution is -0.148. The van der Waals surface area contributed by atoms with Crippen LogP contribution >= 0.6 is 0 Å². The van der Waals surface area contributed by atoms with E-state index in [1.54, 1.807) is 19.1 Å². The largest absolute Gasteiger partial charge is 0.480 e. The number of hydrogen-bond donors (Lipinski definition) is 3. The van der Waals surface area contributed by atoms with E-state index < -0.39 is 35.5 Å². The highest BCUT2D eigenvalue weighted by atomic mass is 16.4. The Morgan fingerprint density at radius 3 is 2.36 bits per heavy atom. The topological polar surface area (TPSA) is 98.7 Å². The summed E-state index contributed by atoms with van der Waals surface area (Å²) < 4.78 is 0. The summed E-state index contributed by atoms with van der Waals surface area (Å²) in [4.78, 5) is 38.5. The van der Waals surface area contributed by atoms with Gasteiger partial charge < -0.3 is 20.6 Å². The molecule has 0 bridgehead atoms. The van der Waals surface area contributed by atoms with Crippen LogP contribution in [0.5, 0.6) is 0 Å². The fraction of sp³-hybridized carbons (Fsp3) is 0.619. The van der Waals surface area contributed by atoms with E-state index in [1.165, 1.54) is 4.90 Å². The molecule has 28 heavy (non-hydrogen) atoms. The zero-order chi connectivity index (χ0) is 21.6. The van der Waals surface area contributed by atoms with Gasteiger partial charge in [-0.25, -0.2) is 9.59 Å². The summed E-state index contributed by atoms with van der Waals surface area (Å²) in [5.41, 5.74) is 4.23. The van der Waals surface area contributed by atoms with Gasteiger partial charge in [0.15, 0.2) is 0 Å². The number of carbonyl (C=O) groups is 3. The molecule has 0 spiro atoms. The lowest BCUT2D eigenvalue weighted by Crippen LogP contribution is -2.55. The number of allylic oxidation sites excluding steroid dienone is 1. The fourth-order valence-corrected chi connectivity index (χ4v) is 2.81. The third kappa shape index (κ3) is 6.89. The van der Waals surface area contributed by atoms with Gasteiger partial charge in [0.1, 0.15) is 12.1 Å². The lowest BCUT2D eigenvalue weighted by Gasteiger charge is -2.28. The van der Waals surface area contributed by atoms with E-state index in [0.717, 1.165) is 11.1 Å². The van der Waals surface area contributed by atoms with Gasteiger partial charge in [-0.1, -0.05) is 25.5 Å². The maximum Gasteiger partial charge on any atom is 0.326 e. The Morgan fingerprint density at radius 2 is 1.89 bits per heavy atom. The molecule has 1 aliphatic heterocycles. The van der Waals surface area contributed by atoms with Gasteiger partial charge in [0, 0.05) is 12.0 Å². The van der Waals surface area contributed by atoms with Crippen LogP contribution < -0.4 is 10.6 Å². The van der Waals surface area contributed by atoms with Gasteiger partial charge in [-0.05, 0) is 52.2 Å². The van der Waals surface area contributed by atoms with Crippen molar-refractivity contribution in [3.05, 3.63) is 29.0 Å². The summed E-state index contributed by atoms with van der Waals surface area (Å²) in [5, 5.41) is 15.0. The van der Waals surface area contributed by atoms with Crippen molar-refractivity contribution in [2.24, 2.45) is 5.92 Å². The number of rotatable bonds is 5. The first-order valence-electron chi connectivity index (χ1n) is 9.55. The molecular formula is C21H33N3O4. The van der Waals surface area contributed by atoms with Crippen LogP contribution in [-0.4, -0.2) is 52.1 Å². The molecular weight excluding hydrogens is 358 g/mol. The summed E-state index contributed by atoms with van der Waals surface area (Å²) in [6.45, 7) is 13.4. The van der Waals surface area contributed by atoms with Crippen molar-refractivity contribution in [2.75, 3.05) is 6.54 Å². The van der Waals surface area contributed by atoms with E-state index >= 15 is 0 Å². The second-order valence-corrected chi connectivity index (χ2v) is 8.45. The van der Waals surface area contributed by atoms with Crippen LogP contribution in [0.1, 0.15) is 54.9 Å². The molecule has 0 aromatic rings. The summed E-state index contributed by atoms with van der Waals surface area (Å²) in [6.07, 6.45) is 3.64. The first-order valence-corrected chi connectivity index (χ1v) is 9.55. The smallest absolute Gasteiger partial charge is 0.326 e. The zero-order valence-electron chi connectivity index (χ0n) is 17.9. The summed E-state index contributed by atoms with van der Waals surface area (Å²) in [5.74, 6) is -1.32. The molecule has 7 nitrogen and oxygen atoms in total. The average molecular weight is 392 g/mol. The van der Waals surface area contributed by atoms with E-state index in [9.17, 15) is 19.5 Å². The highest BCUT2D eigenvalue weighted by molar-refractivity contribution is 5.92. The van der Waals surface area contributed by atoms with E-state index in [1.807, 2.05) is 41.5 Å². The van der Waals surface area contributed by atoms with E-state index in [-0.39, 0.29) is 18.9 Å². The molecule has 7 heteroatoms. The maximum absolute atomic E-state index is 13.2. The standard InChI is InChI=1S/C21H33N3O4/c1-8-9-15-11-17(19(26)27)24(12-15)18(25)16(10-14(4)13(2)3)22-20(28)23-21(5,6)7/h8,10,13,16-17H,11-12H2,1-7H3,(H,26,27)(H2,22,23,28). The van der Waals surface area contributed by atoms with Gasteiger partial charge in [-0.15, -0.1) is 5.73 Å². The molecule has 0 aromatic heterocycles. The quantitative estimate of drug-likeness (QED) is 0.496. The van der Waals surface area contributed by atoms with Crippen molar-refractivity contribution in [1.82, 2.24) is 15.5 Å². The van der Waals surface area contributed by atoms with Gasteiger partial charge in [-0.3, -0.25) is 4.79 Å². The van der Waals surface area contributed by atoms with Crippen molar-refractivity contribution in [2.45, 2.75) is 72.5 Å². The number of carboxylic acids is 1. The Kier molecular flexibility index (Phi) is 8.06. The van der Waals surface area contributed by atoms with Crippen LogP contribution in [0.3, 0.4) is 0 Å². The highest BCUT2D eigenvalue weighted by Gasteiger charge is 2.39. The highest BCUT2D eigenvalue weighted by Crippen LogP contribution is 2.24. The third-order valence-corrected chi connectivity index (χ3v) is 4.48. The molecule has 0 saturated carbocycles. The molecule has 0 radical (unpaired) electrons. The monoisotopic (exact) mass is 391 g/mol. The van der Waals surface area contributed by atoms with Crippen LogP contribution in [0.4, 0.5) is 4.79 Å². The average Bonchev–Trinajstić information content (AvgIpc) is 2.96. The van der Waals surface area contributed by atoms with Crippen molar-refractivity contribution < 1.29 is 19.5 Å². The molecule has 3 amide bonds.